The highest BCUT2D eigenvalue weighted by atomic mass is 16.5. The summed E-state index contributed by atoms with van der Waals surface area (Å²) in [5, 5.41) is 2.98. The molecule has 1 aromatic carbocycles. The number of carbonyl (C=O) groups is 1. The summed E-state index contributed by atoms with van der Waals surface area (Å²) in [5.74, 6) is 0.918. The number of nitrogens with one attached hydrogen (secondary N) is 1. The fraction of sp³-hybridized carbons (Fsp3) is 0.391. The predicted octanol–water partition coefficient (Wildman–Crippen LogP) is 3.66. The van der Waals surface area contributed by atoms with E-state index in [1.165, 1.54) is 12.0 Å². The number of fused-ring (bicyclic) bond motifs is 1. The van der Waals surface area contributed by atoms with Crippen LogP contribution in [0.15, 0.2) is 54.9 Å². The van der Waals surface area contributed by atoms with Crippen LogP contribution in [0.3, 0.4) is 0 Å². The summed E-state index contributed by atoms with van der Waals surface area (Å²) in [6.45, 7) is 5.35. The number of hydrogen-bond acceptors (Lipinski definition) is 4. The van der Waals surface area contributed by atoms with Gasteiger partial charge in [-0.05, 0) is 42.7 Å². The normalized spacial score (nSPS) is 17.0. The molecule has 1 aliphatic heterocycles. The minimum absolute atomic E-state index is 0.0779. The maximum Gasteiger partial charge on any atom is 0.244 e. The zero-order valence-corrected chi connectivity index (χ0v) is 16.5. The van der Waals surface area contributed by atoms with Crippen molar-refractivity contribution in [3.63, 3.8) is 0 Å². The Morgan fingerprint density at radius 3 is 2.93 bits per heavy atom. The number of pyridine rings is 1. The number of unbranched alkanes of at least 4 members (excludes halogenated alkanes) is 1. The summed E-state index contributed by atoms with van der Waals surface area (Å²) in [6.07, 6.45) is 10.4. The van der Waals surface area contributed by atoms with E-state index in [0.29, 0.717) is 6.54 Å². The summed E-state index contributed by atoms with van der Waals surface area (Å²) in [6, 6.07) is 12.0. The van der Waals surface area contributed by atoms with Crippen LogP contribution in [0.2, 0.25) is 0 Å². The summed E-state index contributed by atoms with van der Waals surface area (Å²) < 4.78 is 6.26. The highest BCUT2D eigenvalue weighted by Crippen LogP contribution is 2.26. The molecule has 1 aliphatic rings. The van der Waals surface area contributed by atoms with Gasteiger partial charge >= 0.3 is 0 Å². The van der Waals surface area contributed by atoms with Crippen molar-refractivity contribution >= 4 is 12.0 Å². The molecule has 0 saturated carbocycles. The van der Waals surface area contributed by atoms with Crippen molar-refractivity contribution in [2.24, 2.45) is 0 Å². The summed E-state index contributed by atoms with van der Waals surface area (Å²) in [7, 11) is 0. The third-order valence-electron chi connectivity index (χ3n) is 4.86. The first-order valence-electron chi connectivity index (χ1n) is 10.1. The standard InChI is InChI=1S/C23H29N3O2/c1-2-3-7-21-18-26(17-20-6-4-5-8-22(20)28-21)16-15-25-23(27)10-9-19-11-13-24-14-12-19/h4-6,8-14,21H,2-3,7,15-18H2,1H3,(H,25,27)/b10-9+/t21-/m0/s1. The van der Waals surface area contributed by atoms with E-state index in [1.54, 1.807) is 24.5 Å². The topological polar surface area (TPSA) is 54.5 Å². The molecule has 0 radical (unpaired) electrons. The molecule has 0 unspecified atom stereocenters. The van der Waals surface area contributed by atoms with Crippen molar-refractivity contribution in [2.75, 3.05) is 19.6 Å². The Morgan fingerprint density at radius 2 is 2.11 bits per heavy atom. The first kappa shape index (κ1) is 20.1. The van der Waals surface area contributed by atoms with E-state index in [-0.39, 0.29) is 12.0 Å². The average molecular weight is 380 g/mol. The first-order valence-corrected chi connectivity index (χ1v) is 10.1. The van der Waals surface area contributed by atoms with Crippen molar-refractivity contribution in [2.45, 2.75) is 38.8 Å². The molecule has 0 bridgehead atoms. The van der Waals surface area contributed by atoms with Gasteiger partial charge in [-0.1, -0.05) is 31.5 Å². The molecular formula is C23H29N3O2. The lowest BCUT2D eigenvalue weighted by Gasteiger charge is -2.23. The van der Waals surface area contributed by atoms with Crippen molar-refractivity contribution < 1.29 is 9.53 Å². The molecule has 1 atom stereocenters. The number of nitrogens with zero attached hydrogens (tertiary/aromatic N) is 2. The zero-order valence-electron chi connectivity index (χ0n) is 16.5. The van der Waals surface area contributed by atoms with Crippen LogP contribution in [0.5, 0.6) is 5.75 Å². The molecule has 5 heteroatoms. The van der Waals surface area contributed by atoms with Crippen molar-refractivity contribution in [3.8, 4) is 5.75 Å². The van der Waals surface area contributed by atoms with E-state index >= 15 is 0 Å². The van der Waals surface area contributed by atoms with Crippen LogP contribution in [-0.2, 0) is 11.3 Å². The van der Waals surface area contributed by atoms with E-state index in [0.717, 1.165) is 43.8 Å². The van der Waals surface area contributed by atoms with E-state index in [4.69, 9.17) is 4.74 Å². The van der Waals surface area contributed by atoms with Crippen LogP contribution in [-0.4, -0.2) is 41.5 Å². The van der Waals surface area contributed by atoms with Crippen molar-refractivity contribution in [1.29, 1.82) is 0 Å². The second-order valence-electron chi connectivity index (χ2n) is 7.13. The molecule has 1 N–H and O–H groups in total. The molecule has 5 nitrogen and oxygen atoms in total. The fourth-order valence-corrected chi connectivity index (χ4v) is 3.35. The van der Waals surface area contributed by atoms with Gasteiger partial charge in [0.2, 0.25) is 5.91 Å². The van der Waals surface area contributed by atoms with E-state index in [9.17, 15) is 4.79 Å². The summed E-state index contributed by atoms with van der Waals surface area (Å²) >= 11 is 0. The molecule has 28 heavy (non-hydrogen) atoms. The summed E-state index contributed by atoms with van der Waals surface area (Å²) in [5.41, 5.74) is 2.18. The maximum atomic E-state index is 12.1. The zero-order chi connectivity index (χ0) is 19.6. The van der Waals surface area contributed by atoms with Gasteiger partial charge < -0.3 is 10.1 Å². The lowest BCUT2D eigenvalue weighted by atomic mass is 10.1. The number of ether oxygens (including phenoxy) is 1. The van der Waals surface area contributed by atoms with Crippen LogP contribution >= 0.6 is 0 Å². The Labute approximate surface area is 167 Å². The summed E-state index contributed by atoms with van der Waals surface area (Å²) in [4.78, 5) is 18.4. The second-order valence-corrected chi connectivity index (χ2v) is 7.13. The lowest BCUT2D eigenvalue weighted by Crippen LogP contribution is -2.38. The minimum Gasteiger partial charge on any atom is -0.489 e. The number of rotatable bonds is 8. The van der Waals surface area contributed by atoms with Gasteiger partial charge in [-0.15, -0.1) is 0 Å². The van der Waals surface area contributed by atoms with Gasteiger partial charge in [-0.2, -0.15) is 0 Å². The third kappa shape index (κ3) is 6.20. The fourth-order valence-electron chi connectivity index (χ4n) is 3.35. The molecular weight excluding hydrogens is 350 g/mol. The Bertz CT molecular complexity index is 776. The monoisotopic (exact) mass is 379 g/mol. The number of hydrogen-bond donors (Lipinski definition) is 1. The van der Waals surface area contributed by atoms with Crippen molar-refractivity contribution in [3.05, 3.63) is 66.0 Å². The van der Waals surface area contributed by atoms with Gasteiger partial charge in [0.15, 0.2) is 0 Å². The molecule has 0 aliphatic carbocycles. The minimum atomic E-state index is -0.0779. The van der Waals surface area contributed by atoms with E-state index in [2.05, 4.69) is 40.3 Å². The molecule has 3 rings (SSSR count). The quantitative estimate of drug-likeness (QED) is 0.711. The third-order valence-corrected chi connectivity index (χ3v) is 4.86. The number of amides is 1. The molecule has 0 fully saturated rings. The number of para-hydroxylation sites is 1. The molecule has 1 amide bonds. The number of aromatic nitrogens is 1. The lowest BCUT2D eigenvalue weighted by molar-refractivity contribution is -0.116. The van der Waals surface area contributed by atoms with Gasteiger partial charge in [0.05, 0.1) is 0 Å². The Balaban J connectivity index is 1.52. The Morgan fingerprint density at radius 1 is 1.29 bits per heavy atom. The Kier molecular flexibility index (Phi) is 7.62. The largest absolute Gasteiger partial charge is 0.489 e. The maximum absolute atomic E-state index is 12.1. The highest BCUT2D eigenvalue weighted by Gasteiger charge is 2.22. The second kappa shape index (κ2) is 10.6. The molecule has 0 saturated heterocycles. The van der Waals surface area contributed by atoms with Gasteiger partial charge in [0, 0.05) is 50.2 Å². The van der Waals surface area contributed by atoms with Crippen LogP contribution in [0.4, 0.5) is 0 Å². The van der Waals surface area contributed by atoms with Crippen LogP contribution in [0.1, 0.15) is 37.3 Å². The van der Waals surface area contributed by atoms with Crippen LogP contribution in [0.25, 0.3) is 6.08 Å². The SMILES string of the molecule is CCCC[C@H]1CN(CCNC(=O)/C=C/c2ccncc2)Cc2ccccc2O1. The van der Waals surface area contributed by atoms with Crippen LogP contribution in [0, 0.1) is 0 Å². The molecule has 148 valence electrons. The van der Waals surface area contributed by atoms with Crippen molar-refractivity contribution in [1.82, 2.24) is 15.2 Å². The van der Waals surface area contributed by atoms with Crippen LogP contribution < -0.4 is 10.1 Å². The van der Waals surface area contributed by atoms with Gasteiger partial charge in [-0.3, -0.25) is 14.7 Å². The van der Waals surface area contributed by atoms with Gasteiger partial charge in [0.1, 0.15) is 11.9 Å². The number of benzene rings is 1. The highest BCUT2D eigenvalue weighted by molar-refractivity contribution is 5.91. The molecule has 1 aromatic heterocycles. The molecule has 0 spiro atoms. The van der Waals surface area contributed by atoms with Gasteiger partial charge in [0.25, 0.3) is 0 Å². The predicted molar refractivity (Wildman–Crippen MR) is 112 cm³/mol. The molecule has 2 heterocycles. The van der Waals surface area contributed by atoms with E-state index in [1.807, 2.05) is 18.2 Å². The van der Waals surface area contributed by atoms with E-state index < -0.39 is 0 Å². The van der Waals surface area contributed by atoms with Gasteiger partial charge in [-0.25, -0.2) is 0 Å². The average Bonchev–Trinajstić information content (AvgIpc) is 2.90. The number of carbonyl (C=O) groups excluding carboxylic acids is 1. The first-order chi connectivity index (χ1) is 13.7. The molecule has 2 aromatic rings. The smallest absolute Gasteiger partial charge is 0.244 e. The Hall–Kier alpha value is -2.66.